The molecule has 2 aromatic rings. The molecule has 1 aliphatic rings. The smallest absolute Gasteiger partial charge is 0.291 e. The first-order valence-corrected chi connectivity index (χ1v) is 8.25. The third-order valence-electron chi connectivity index (χ3n) is 3.97. The number of nitrogens with one attached hydrogen (secondary N) is 2. The van der Waals surface area contributed by atoms with Crippen LogP contribution in [-0.2, 0) is 4.74 Å². The van der Waals surface area contributed by atoms with Gasteiger partial charge in [-0.25, -0.2) is 0 Å². The molecule has 7 heteroatoms. The number of hydrogen-bond acceptors (Lipinski definition) is 5. The van der Waals surface area contributed by atoms with E-state index in [9.17, 15) is 9.59 Å². The van der Waals surface area contributed by atoms with Gasteiger partial charge in [0, 0.05) is 37.4 Å². The Kier molecular flexibility index (Phi) is 5.81. The number of carbonyl (C=O) groups excluding carboxylic acids is 2. The van der Waals surface area contributed by atoms with Crippen LogP contribution in [0, 0.1) is 0 Å². The number of rotatable bonds is 6. The Labute approximate surface area is 145 Å². The lowest BCUT2D eigenvalue weighted by Crippen LogP contribution is -2.41. The average Bonchev–Trinajstić information content (AvgIpc) is 3.18. The molecule has 0 radical (unpaired) electrons. The van der Waals surface area contributed by atoms with Crippen molar-refractivity contribution in [2.75, 3.05) is 44.7 Å². The van der Waals surface area contributed by atoms with E-state index in [0.29, 0.717) is 17.8 Å². The maximum atomic E-state index is 12.1. The predicted octanol–water partition coefficient (Wildman–Crippen LogP) is 1.59. The van der Waals surface area contributed by atoms with Crippen molar-refractivity contribution in [2.45, 2.75) is 0 Å². The molecule has 25 heavy (non-hydrogen) atoms. The number of hydrogen-bond donors (Lipinski definition) is 2. The SMILES string of the molecule is O=C(NCCN1CCOCC1)c1ccc(NC(=O)c2ccco2)cc1. The van der Waals surface area contributed by atoms with Gasteiger partial charge in [-0.05, 0) is 36.4 Å². The van der Waals surface area contributed by atoms with Crippen LogP contribution in [0.2, 0.25) is 0 Å². The number of carbonyl (C=O) groups is 2. The van der Waals surface area contributed by atoms with E-state index in [2.05, 4.69) is 15.5 Å². The largest absolute Gasteiger partial charge is 0.459 e. The van der Waals surface area contributed by atoms with E-state index in [0.717, 1.165) is 32.8 Å². The van der Waals surface area contributed by atoms with E-state index in [1.54, 1.807) is 36.4 Å². The zero-order chi connectivity index (χ0) is 17.5. The van der Waals surface area contributed by atoms with Gasteiger partial charge in [0.1, 0.15) is 0 Å². The Balaban J connectivity index is 1.46. The number of furan rings is 1. The number of ether oxygens (including phenoxy) is 1. The van der Waals surface area contributed by atoms with Crippen LogP contribution in [0.5, 0.6) is 0 Å². The lowest BCUT2D eigenvalue weighted by atomic mass is 10.2. The molecule has 7 nitrogen and oxygen atoms in total. The van der Waals surface area contributed by atoms with Gasteiger partial charge < -0.3 is 19.8 Å². The summed E-state index contributed by atoms with van der Waals surface area (Å²) in [6.07, 6.45) is 1.44. The number of nitrogens with zero attached hydrogens (tertiary/aromatic N) is 1. The quantitative estimate of drug-likeness (QED) is 0.832. The second-order valence-electron chi connectivity index (χ2n) is 5.72. The minimum atomic E-state index is -0.326. The minimum absolute atomic E-state index is 0.128. The molecule has 132 valence electrons. The molecular weight excluding hydrogens is 322 g/mol. The lowest BCUT2D eigenvalue weighted by Gasteiger charge is -2.26. The Morgan fingerprint density at radius 2 is 1.80 bits per heavy atom. The second-order valence-corrected chi connectivity index (χ2v) is 5.72. The number of anilines is 1. The highest BCUT2D eigenvalue weighted by Gasteiger charge is 2.12. The van der Waals surface area contributed by atoms with Crippen molar-refractivity contribution < 1.29 is 18.7 Å². The molecule has 0 bridgehead atoms. The highest BCUT2D eigenvalue weighted by Crippen LogP contribution is 2.12. The number of benzene rings is 1. The standard InChI is InChI=1S/C18H21N3O4/c22-17(19-7-8-21-9-12-24-13-10-21)14-3-5-15(6-4-14)20-18(23)16-2-1-11-25-16/h1-6,11H,7-10,12-13H2,(H,19,22)(H,20,23). The average molecular weight is 343 g/mol. The molecule has 2 amide bonds. The maximum Gasteiger partial charge on any atom is 0.291 e. The fraction of sp³-hybridized carbons (Fsp3) is 0.333. The number of morpholine rings is 1. The van der Waals surface area contributed by atoms with E-state index < -0.39 is 0 Å². The van der Waals surface area contributed by atoms with Crippen LogP contribution in [0.25, 0.3) is 0 Å². The van der Waals surface area contributed by atoms with Crippen molar-refractivity contribution in [3.8, 4) is 0 Å². The summed E-state index contributed by atoms with van der Waals surface area (Å²) in [7, 11) is 0. The van der Waals surface area contributed by atoms with E-state index >= 15 is 0 Å². The summed E-state index contributed by atoms with van der Waals surface area (Å²) in [5.41, 5.74) is 1.16. The normalized spacial score (nSPS) is 14.9. The van der Waals surface area contributed by atoms with E-state index in [1.165, 1.54) is 6.26 Å². The molecular formula is C18H21N3O4. The topological polar surface area (TPSA) is 83.8 Å². The van der Waals surface area contributed by atoms with Gasteiger partial charge in [0.25, 0.3) is 11.8 Å². The molecule has 2 N–H and O–H groups in total. The summed E-state index contributed by atoms with van der Waals surface area (Å²) < 4.78 is 10.3. The van der Waals surface area contributed by atoms with Crippen LogP contribution in [0.3, 0.4) is 0 Å². The van der Waals surface area contributed by atoms with Gasteiger partial charge in [-0.15, -0.1) is 0 Å². The van der Waals surface area contributed by atoms with Gasteiger partial charge in [0.2, 0.25) is 0 Å². The summed E-state index contributed by atoms with van der Waals surface area (Å²) in [6.45, 7) is 4.71. The van der Waals surface area contributed by atoms with Crippen LogP contribution >= 0.6 is 0 Å². The first-order valence-electron chi connectivity index (χ1n) is 8.25. The second kappa shape index (κ2) is 8.46. The molecule has 0 spiro atoms. The molecule has 0 aliphatic carbocycles. The molecule has 3 rings (SSSR count). The van der Waals surface area contributed by atoms with Crippen LogP contribution in [0.1, 0.15) is 20.9 Å². The van der Waals surface area contributed by atoms with Gasteiger partial charge in [0.05, 0.1) is 19.5 Å². The summed E-state index contributed by atoms with van der Waals surface area (Å²) in [5.74, 6) is -0.213. The minimum Gasteiger partial charge on any atom is -0.459 e. The van der Waals surface area contributed by atoms with Crippen molar-refractivity contribution in [3.63, 3.8) is 0 Å². The molecule has 0 saturated carbocycles. The van der Waals surface area contributed by atoms with Crippen molar-refractivity contribution in [3.05, 3.63) is 54.0 Å². The van der Waals surface area contributed by atoms with Crippen LogP contribution in [-0.4, -0.2) is 56.1 Å². The fourth-order valence-electron chi connectivity index (χ4n) is 2.56. The van der Waals surface area contributed by atoms with Crippen molar-refractivity contribution in [2.24, 2.45) is 0 Å². The van der Waals surface area contributed by atoms with Crippen molar-refractivity contribution in [1.29, 1.82) is 0 Å². The maximum absolute atomic E-state index is 12.1. The van der Waals surface area contributed by atoms with E-state index in [1.807, 2.05) is 0 Å². The Hall–Kier alpha value is -2.64. The van der Waals surface area contributed by atoms with E-state index in [4.69, 9.17) is 9.15 Å². The van der Waals surface area contributed by atoms with Gasteiger partial charge in [-0.2, -0.15) is 0 Å². The van der Waals surface area contributed by atoms with Gasteiger partial charge in [-0.1, -0.05) is 0 Å². The molecule has 0 unspecified atom stereocenters. The first-order chi connectivity index (χ1) is 12.2. The third kappa shape index (κ3) is 4.91. The molecule has 1 fully saturated rings. The zero-order valence-corrected chi connectivity index (χ0v) is 13.9. The van der Waals surface area contributed by atoms with Crippen LogP contribution < -0.4 is 10.6 Å². The third-order valence-corrected chi connectivity index (χ3v) is 3.97. The highest BCUT2D eigenvalue weighted by molar-refractivity contribution is 6.02. The van der Waals surface area contributed by atoms with Gasteiger partial charge >= 0.3 is 0 Å². The molecule has 1 aromatic heterocycles. The first kappa shape index (κ1) is 17.2. The van der Waals surface area contributed by atoms with Crippen LogP contribution in [0.4, 0.5) is 5.69 Å². The Bertz CT molecular complexity index is 692. The summed E-state index contributed by atoms with van der Waals surface area (Å²) >= 11 is 0. The Morgan fingerprint density at radius 1 is 1.04 bits per heavy atom. The molecule has 1 aromatic carbocycles. The fourth-order valence-corrected chi connectivity index (χ4v) is 2.56. The predicted molar refractivity (Wildman–Crippen MR) is 92.7 cm³/mol. The van der Waals surface area contributed by atoms with Crippen molar-refractivity contribution >= 4 is 17.5 Å². The molecule has 0 atom stereocenters. The van der Waals surface area contributed by atoms with Gasteiger partial charge in [0.15, 0.2) is 5.76 Å². The molecule has 1 saturated heterocycles. The van der Waals surface area contributed by atoms with Crippen molar-refractivity contribution in [1.82, 2.24) is 10.2 Å². The lowest BCUT2D eigenvalue weighted by molar-refractivity contribution is 0.0383. The summed E-state index contributed by atoms with van der Waals surface area (Å²) in [5, 5.41) is 5.62. The zero-order valence-electron chi connectivity index (χ0n) is 13.9. The van der Waals surface area contributed by atoms with Gasteiger partial charge in [-0.3, -0.25) is 14.5 Å². The number of amides is 2. The highest BCUT2D eigenvalue weighted by atomic mass is 16.5. The summed E-state index contributed by atoms with van der Waals surface area (Å²) in [6, 6.07) is 9.99. The summed E-state index contributed by atoms with van der Waals surface area (Å²) in [4.78, 5) is 26.3. The van der Waals surface area contributed by atoms with E-state index in [-0.39, 0.29) is 17.6 Å². The van der Waals surface area contributed by atoms with Crippen LogP contribution in [0.15, 0.2) is 47.1 Å². The monoisotopic (exact) mass is 343 g/mol. The Morgan fingerprint density at radius 3 is 2.48 bits per heavy atom. The molecule has 2 heterocycles. The molecule has 1 aliphatic heterocycles.